The van der Waals surface area contributed by atoms with Gasteiger partial charge in [0.15, 0.2) is 0 Å². The Balaban J connectivity index is 0. The van der Waals surface area contributed by atoms with Gasteiger partial charge in [-0.05, 0) is 0 Å². The van der Waals surface area contributed by atoms with Crippen molar-refractivity contribution in [2.75, 3.05) is 0 Å². The molecule has 0 aromatic carbocycles. The molecular formula is HNO5S. The smallest absolute Gasteiger partial charge is 0.215 e. The van der Waals surface area contributed by atoms with E-state index >= 15 is 0 Å². The molecule has 0 saturated carbocycles. The molecule has 0 radical (unpaired) electrons. The Hall–Kier alpha value is -0.460. The normalized spacial score (nSPS) is 8.57. The summed E-state index contributed by atoms with van der Waals surface area (Å²) in [5, 5.41) is 0. The van der Waals surface area contributed by atoms with Crippen molar-refractivity contribution in [3.05, 3.63) is 0 Å². The summed E-state index contributed by atoms with van der Waals surface area (Å²) in [7, 11) is -4.92. The monoisotopic (exact) mass is 127 g/mol. The number of hydrogen-bond acceptors (Lipinski definition) is 4. The molecule has 0 aliphatic carbocycles. The Morgan fingerprint density at radius 3 is 1.57 bits per heavy atom. The van der Waals surface area contributed by atoms with E-state index in [1.807, 2.05) is 0 Å². The van der Waals surface area contributed by atoms with Crippen LogP contribution in [-0.4, -0.2) is 17.5 Å². The minimum Gasteiger partial charge on any atom is -0.726 e. The molecule has 42 valence electrons. The second kappa shape index (κ2) is 3.72. The van der Waals surface area contributed by atoms with Gasteiger partial charge in [0, 0.05) is 0 Å². The van der Waals surface area contributed by atoms with Crippen LogP contribution < -0.4 is 0 Å². The molecule has 0 spiro atoms. The van der Waals surface area contributed by atoms with E-state index < -0.39 is 10.4 Å². The molecule has 0 atom stereocenters. The van der Waals surface area contributed by atoms with Gasteiger partial charge in [0.1, 0.15) is 0 Å². The first-order valence-corrected chi connectivity index (χ1v) is 2.23. The van der Waals surface area contributed by atoms with Gasteiger partial charge in [-0.15, -0.1) is 0 Å². The molecule has 0 aromatic rings. The summed E-state index contributed by atoms with van der Waals surface area (Å²) in [6.07, 6.45) is 0. The maximum Gasteiger partial charge on any atom is 0.215 e. The summed E-state index contributed by atoms with van der Waals surface area (Å²) >= 11 is 0. The maximum atomic E-state index is 8.63. The van der Waals surface area contributed by atoms with Crippen molar-refractivity contribution in [2.45, 2.75) is 0 Å². The molecule has 0 bridgehead atoms. The van der Waals surface area contributed by atoms with E-state index in [-0.39, 0.29) is 0 Å². The van der Waals surface area contributed by atoms with Crippen LogP contribution in [0, 0.1) is 5.46 Å². The largest absolute Gasteiger partial charge is 0.726 e. The summed E-state index contributed by atoms with van der Waals surface area (Å²) in [5.74, 6) is 0. The van der Waals surface area contributed by atoms with Crippen LogP contribution in [0.5, 0.6) is 0 Å². The zero-order valence-corrected chi connectivity index (χ0v) is 3.75. The van der Waals surface area contributed by atoms with E-state index in [2.05, 4.69) is 0 Å². The summed E-state index contributed by atoms with van der Waals surface area (Å²) in [6.45, 7) is 0. The van der Waals surface area contributed by atoms with Crippen molar-refractivity contribution in [3.8, 4) is 0 Å². The van der Waals surface area contributed by atoms with Gasteiger partial charge in [-0.1, -0.05) is 0 Å². The maximum absolute atomic E-state index is 8.63. The molecule has 0 amide bonds. The Morgan fingerprint density at radius 1 is 1.57 bits per heavy atom. The van der Waals surface area contributed by atoms with Crippen LogP contribution in [0.25, 0.3) is 0 Å². The second-order valence-electron chi connectivity index (χ2n) is 0.428. The summed E-state index contributed by atoms with van der Waals surface area (Å²) in [4.78, 5) is 0. The van der Waals surface area contributed by atoms with Crippen LogP contribution in [0.15, 0.2) is 0 Å². The fraction of sp³-hybridized carbons (Fsp3) is 0. The van der Waals surface area contributed by atoms with Crippen molar-refractivity contribution >= 4 is 10.4 Å². The molecule has 0 fully saturated rings. The van der Waals surface area contributed by atoms with E-state index in [0.29, 0.717) is 0 Å². The van der Waals surface area contributed by atoms with Crippen molar-refractivity contribution in [2.24, 2.45) is 0 Å². The number of rotatable bonds is 0. The Labute approximate surface area is 39.2 Å². The first-order valence-electron chi connectivity index (χ1n) is 0.865. The molecule has 0 heterocycles. The van der Waals surface area contributed by atoms with Gasteiger partial charge in [-0.2, -0.15) is 0 Å². The fourth-order valence-corrected chi connectivity index (χ4v) is 0. The van der Waals surface area contributed by atoms with Crippen LogP contribution in [0.1, 0.15) is 0 Å². The number of nitrogens with zero attached hydrogens (tertiary/aromatic N) is 1. The van der Waals surface area contributed by atoms with Gasteiger partial charge in [-0.25, -0.2) is 8.42 Å². The fourth-order valence-electron chi connectivity index (χ4n) is 0. The third kappa shape index (κ3) is 328. The molecular weight excluding hydrogens is 126 g/mol. The zero-order chi connectivity index (χ0) is 6.50. The molecule has 0 aromatic heterocycles. The zero-order valence-electron chi connectivity index (χ0n) is 2.94. The van der Waals surface area contributed by atoms with Crippen LogP contribution in [-0.2, 0) is 15.2 Å². The summed E-state index contributed by atoms with van der Waals surface area (Å²) < 4.78 is 40.1. The van der Waals surface area contributed by atoms with E-state index in [9.17, 15) is 0 Å². The van der Waals surface area contributed by atoms with Gasteiger partial charge in [0.05, 0.1) is 0 Å². The average molecular weight is 127 g/mol. The van der Waals surface area contributed by atoms with Crippen molar-refractivity contribution < 1.29 is 22.3 Å². The second-order valence-corrected chi connectivity index (χ2v) is 1.28. The molecule has 0 aliphatic heterocycles. The molecule has 7 heteroatoms. The van der Waals surface area contributed by atoms with Crippen LogP contribution in [0.3, 0.4) is 0 Å². The first kappa shape index (κ1) is 9.74. The molecule has 0 unspecified atom stereocenters. The predicted molar refractivity (Wildman–Crippen MR) is 14.7 cm³/mol. The van der Waals surface area contributed by atoms with Gasteiger partial charge in [0.2, 0.25) is 10.4 Å². The van der Waals surface area contributed by atoms with Crippen LogP contribution >= 0.6 is 0 Å². The molecule has 0 aliphatic rings. The van der Waals surface area contributed by atoms with Crippen molar-refractivity contribution in [1.29, 1.82) is 5.46 Å². The molecule has 0 rings (SSSR count). The van der Waals surface area contributed by atoms with Crippen molar-refractivity contribution in [3.63, 3.8) is 0 Å². The summed E-state index contributed by atoms with van der Waals surface area (Å²) in [5.41, 5.74) is 5.75. The quantitative estimate of drug-likeness (QED) is 0.251. The van der Waals surface area contributed by atoms with Crippen LogP contribution in [0.4, 0.5) is 0 Å². The van der Waals surface area contributed by atoms with Gasteiger partial charge in [-0.3, -0.25) is 4.55 Å². The SMILES string of the molecule is N#[O+].O=S(=O)([O-])O. The minimum atomic E-state index is -4.92. The molecule has 6 nitrogen and oxygen atoms in total. The third-order valence-electron chi connectivity index (χ3n) is 0. The Bertz CT molecular complexity index is 119. The average Bonchev–Trinajstić information content (AvgIpc) is 1.36. The Morgan fingerprint density at radius 2 is 1.57 bits per heavy atom. The topological polar surface area (TPSA) is 121 Å². The first-order chi connectivity index (χ1) is 3.00. The van der Waals surface area contributed by atoms with Gasteiger partial charge >= 0.3 is 10.2 Å². The third-order valence-corrected chi connectivity index (χ3v) is 0. The predicted octanol–water partition coefficient (Wildman–Crippen LogP) is -1.10. The standard InChI is InChI=1S/NO.H2O4S/c1-2;1-5(2,3)4/h;(H2,1,2,3,4)/q+1;/p-1. The van der Waals surface area contributed by atoms with Gasteiger partial charge in [0.25, 0.3) is 0 Å². The number of hydrogen-bond donors (Lipinski definition) is 1. The molecule has 7 heavy (non-hydrogen) atoms. The van der Waals surface area contributed by atoms with E-state index in [1.165, 1.54) is 0 Å². The molecule has 0 saturated heterocycles. The Kier molecular flexibility index (Phi) is 5.18. The minimum absolute atomic E-state index is 4.92. The van der Waals surface area contributed by atoms with E-state index in [4.69, 9.17) is 27.8 Å². The van der Waals surface area contributed by atoms with Crippen LogP contribution in [0.2, 0.25) is 0 Å². The van der Waals surface area contributed by atoms with Gasteiger partial charge < -0.3 is 4.55 Å². The van der Waals surface area contributed by atoms with E-state index in [0.717, 1.165) is 0 Å². The summed E-state index contributed by atoms with van der Waals surface area (Å²) in [6, 6.07) is 0. The molecule has 1 N–H and O–H groups in total. The van der Waals surface area contributed by atoms with Crippen molar-refractivity contribution in [1.82, 2.24) is 0 Å². The van der Waals surface area contributed by atoms with E-state index in [1.54, 1.807) is 0 Å².